The minimum atomic E-state index is -0.369. The molecule has 4 nitrogen and oxygen atoms in total. The van der Waals surface area contributed by atoms with Gasteiger partial charge in [-0.25, -0.2) is 4.79 Å². The molecule has 0 aliphatic carbocycles. The van der Waals surface area contributed by atoms with Gasteiger partial charge in [0.1, 0.15) is 6.61 Å². The van der Waals surface area contributed by atoms with Crippen LogP contribution in [0.5, 0.6) is 0 Å². The van der Waals surface area contributed by atoms with Crippen molar-refractivity contribution in [3.8, 4) is 0 Å². The van der Waals surface area contributed by atoms with Gasteiger partial charge in [-0.1, -0.05) is 13.3 Å². The largest absolute Gasteiger partial charge is 0.458 e. The molecule has 1 fully saturated rings. The van der Waals surface area contributed by atoms with Gasteiger partial charge in [-0.2, -0.15) is 0 Å². The summed E-state index contributed by atoms with van der Waals surface area (Å²) in [6.45, 7) is 4.62. The van der Waals surface area contributed by atoms with Gasteiger partial charge >= 0.3 is 5.97 Å². The fraction of sp³-hybridized carbons (Fsp3) is 0.643. The molecule has 19 heavy (non-hydrogen) atoms. The SMILES string of the molecule is CCCC1CCCN1CCOC(=O)c1ccco1.Cl. The lowest BCUT2D eigenvalue weighted by molar-refractivity contribution is 0.0418. The lowest BCUT2D eigenvalue weighted by Gasteiger charge is -2.23. The maximum atomic E-state index is 11.6. The first-order valence-electron chi connectivity index (χ1n) is 6.76. The number of hydrogen-bond donors (Lipinski definition) is 0. The van der Waals surface area contributed by atoms with E-state index < -0.39 is 0 Å². The predicted octanol–water partition coefficient (Wildman–Crippen LogP) is 3.12. The zero-order chi connectivity index (χ0) is 12.8. The average Bonchev–Trinajstić information content (AvgIpc) is 3.01. The normalized spacial score (nSPS) is 19.1. The molecule has 1 atom stereocenters. The van der Waals surface area contributed by atoms with Crippen molar-refractivity contribution >= 4 is 18.4 Å². The molecular formula is C14H22ClNO3. The highest BCUT2D eigenvalue weighted by atomic mass is 35.5. The standard InChI is InChI=1S/C14H21NO3.ClH/c1-2-5-12-6-3-8-15(12)9-11-18-14(16)13-7-4-10-17-13;/h4,7,10,12H,2-3,5-6,8-9,11H2,1H3;1H. The molecule has 1 saturated heterocycles. The molecule has 1 aliphatic rings. The summed E-state index contributed by atoms with van der Waals surface area (Å²) in [4.78, 5) is 14.0. The predicted molar refractivity (Wildman–Crippen MR) is 75.7 cm³/mol. The Balaban J connectivity index is 0.00000180. The van der Waals surface area contributed by atoms with Crippen molar-refractivity contribution in [1.82, 2.24) is 4.90 Å². The smallest absolute Gasteiger partial charge is 0.374 e. The number of hydrogen-bond acceptors (Lipinski definition) is 4. The molecule has 108 valence electrons. The number of likely N-dealkylation sites (tertiary alicyclic amines) is 1. The molecule has 1 unspecified atom stereocenters. The maximum absolute atomic E-state index is 11.6. The minimum absolute atomic E-state index is 0. The second kappa shape index (κ2) is 8.23. The van der Waals surface area contributed by atoms with Crippen LogP contribution >= 0.6 is 12.4 Å². The molecule has 2 rings (SSSR count). The molecule has 0 saturated carbocycles. The van der Waals surface area contributed by atoms with Crippen LogP contribution in [0.4, 0.5) is 0 Å². The Morgan fingerprint density at radius 1 is 1.58 bits per heavy atom. The van der Waals surface area contributed by atoms with Gasteiger partial charge in [0.25, 0.3) is 0 Å². The van der Waals surface area contributed by atoms with E-state index in [0.717, 1.165) is 13.1 Å². The Morgan fingerprint density at radius 2 is 2.42 bits per heavy atom. The van der Waals surface area contributed by atoms with Gasteiger partial charge in [-0.05, 0) is 37.9 Å². The molecule has 2 heterocycles. The molecular weight excluding hydrogens is 266 g/mol. The Hall–Kier alpha value is -1.00. The van der Waals surface area contributed by atoms with Crippen LogP contribution in [0.1, 0.15) is 43.2 Å². The lowest BCUT2D eigenvalue weighted by Crippen LogP contribution is -2.32. The zero-order valence-electron chi connectivity index (χ0n) is 11.3. The highest BCUT2D eigenvalue weighted by Crippen LogP contribution is 2.20. The van der Waals surface area contributed by atoms with Gasteiger partial charge < -0.3 is 9.15 Å². The quantitative estimate of drug-likeness (QED) is 0.754. The number of furan rings is 1. The summed E-state index contributed by atoms with van der Waals surface area (Å²) in [7, 11) is 0. The van der Waals surface area contributed by atoms with Gasteiger partial charge in [0, 0.05) is 12.6 Å². The second-order valence-corrected chi connectivity index (χ2v) is 4.73. The third kappa shape index (κ3) is 4.55. The first kappa shape index (κ1) is 16.1. The Morgan fingerprint density at radius 3 is 3.11 bits per heavy atom. The number of carbonyl (C=O) groups is 1. The third-order valence-electron chi connectivity index (χ3n) is 3.45. The first-order chi connectivity index (χ1) is 8.81. The second-order valence-electron chi connectivity index (χ2n) is 4.73. The zero-order valence-corrected chi connectivity index (χ0v) is 12.2. The van der Waals surface area contributed by atoms with Crippen LogP contribution in [0.25, 0.3) is 0 Å². The first-order valence-corrected chi connectivity index (χ1v) is 6.76. The van der Waals surface area contributed by atoms with E-state index in [1.54, 1.807) is 12.1 Å². The van der Waals surface area contributed by atoms with E-state index in [4.69, 9.17) is 9.15 Å². The van der Waals surface area contributed by atoms with Crippen LogP contribution in [-0.2, 0) is 4.74 Å². The minimum Gasteiger partial charge on any atom is -0.458 e. The summed E-state index contributed by atoms with van der Waals surface area (Å²) in [6.07, 6.45) is 6.48. The Bertz CT molecular complexity index is 367. The van der Waals surface area contributed by atoms with Gasteiger partial charge in [0.05, 0.1) is 6.26 Å². The summed E-state index contributed by atoms with van der Waals surface area (Å²) in [5.74, 6) is -0.0900. The van der Waals surface area contributed by atoms with Crippen LogP contribution in [-0.4, -0.2) is 36.6 Å². The number of carbonyl (C=O) groups excluding carboxylic acids is 1. The molecule has 1 aromatic rings. The van der Waals surface area contributed by atoms with Crippen LogP contribution in [0.2, 0.25) is 0 Å². The molecule has 0 N–H and O–H groups in total. The summed E-state index contributed by atoms with van der Waals surface area (Å²) in [5, 5.41) is 0. The van der Waals surface area contributed by atoms with E-state index in [9.17, 15) is 4.79 Å². The maximum Gasteiger partial charge on any atom is 0.374 e. The van der Waals surface area contributed by atoms with Crippen LogP contribution in [0, 0.1) is 0 Å². The lowest BCUT2D eigenvalue weighted by atomic mass is 10.1. The fourth-order valence-corrected chi connectivity index (χ4v) is 2.57. The van der Waals surface area contributed by atoms with Crippen molar-refractivity contribution in [2.75, 3.05) is 19.7 Å². The van der Waals surface area contributed by atoms with E-state index in [1.165, 1.54) is 31.9 Å². The number of ether oxygens (including phenoxy) is 1. The van der Waals surface area contributed by atoms with Crippen molar-refractivity contribution in [2.24, 2.45) is 0 Å². The average molecular weight is 288 g/mol. The van der Waals surface area contributed by atoms with Crippen molar-refractivity contribution in [1.29, 1.82) is 0 Å². The topological polar surface area (TPSA) is 42.7 Å². The highest BCUT2D eigenvalue weighted by molar-refractivity contribution is 5.86. The highest BCUT2D eigenvalue weighted by Gasteiger charge is 2.23. The van der Waals surface area contributed by atoms with E-state index in [2.05, 4.69) is 11.8 Å². The molecule has 0 amide bonds. The summed E-state index contributed by atoms with van der Waals surface area (Å²) in [5.41, 5.74) is 0. The van der Waals surface area contributed by atoms with Crippen molar-refractivity contribution in [2.45, 2.75) is 38.6 Å². The molecule has 5 heteroatoms. The molecule has 1 aliphatic heterocycles. The fourth-order valence-electron chi connectivity index (χ4n) is 2.57. The van der Waals surface area contributed by atoms with Gasteiger partial charge in [0.15, 0.2) is 0 Å². The van der Waals surface area contributed by atoms with E-state index in [-0.39, 0.29) is 24.1 Å². The van der Waals surface area contributed by atoms with Crippen molar-refractivity contribution < 1.29 is 13.9 Å². The molecule has 0 aromatic carbocycles. The van der Waals surface area contributed by atoms with Gasteiger partial charge in [0.2, 0.25) is 5.76 Å². The number of esters is 1. The van der Waals surface area contributed by atoms with Gasteiger partial charge in [-0.3, -0.25) is 4.90 Å². The number of halogens is 1. The molecule has 0 bridgehead atoms. The Kier molecular flexibility index (Phi) is 6.95. The van der Waals surface area contributed by atoms with Crippen molar-refractivity contribution in [3.05, 3.63) is 24.2 Å². The monoisotopic (exact) mass is 287 g/mol. The van der Waals surface area contributed by atoms with Gasteiger partial charge in [-0.15, -0.1) is 12.4 Å². The molecule has 1 aromatic heterocycles. The Labute approximate surface area is 120 Å². The van der Waals surface area contributed by atoms with Crippen LogP contribution in [0.3, 0.4) is 0 Å². The van der Waals surface area contributed by atoms with E-state index in [1.807, 2.05) is 0 Å². The molecule has 0 radical (unpaired) electrons. The van der Waals surface area contributed by atoms with E-state index >= 15 is 0 Å². The van der Waals surface area contributed by atoms with E-state index in [0.29, 0.717) is 12.6 Å². The molecule has 0 spiro atoms. The van der Waals surface area contributed by atoms with Crippen LogP contribution in [0.15, 0.2) is 22.8 Å². The third-order valence-corrected chi connectivity index (χ3v) is 3.45. The van der Waals surface area contributed by atoms with Crippen molar-refractivity contribution in [3.63, 3.8) is 0 Å². The number of rotatable bonds is 6. The number of nitrogens with zero attached hydrogens (tertiary/aromatic N) is 1. The summed E-state index contributed by atoms with van der Waals surface area (Å²) >= 11 is 0. The van der Waals surface area contributed by atoms with Crippen LogP contribution < -0.4 is 0 Å². The summed E-state index contributed by atoms with van der Waals surface area (Å²) < 4.78 is 10.2. The summed E-state index contributed by atoms with van der Waals surface area (Å²) in [6, 6.07) is 3.99.